The highest BCUT2D eigenvalue weighted by Gasteiger charge is 2.18. The minimum Gasteiger partial charge on any atom is -0.283 e. The molecule has 8 heteroatoms. The molecule has 1 aromatic heterocycles. The van der Waals surface area contributed by atoms with Gasteiger partial charge in [-0.05, 0) is 25.0 Å². The monoisotopic (exact) mass is 328 g/mol. The van der Waals surface area contributed by atoms with Gasteiger partial charge in [0.1, 0.15) is 5.82 Å². The van der Waals surface area contributed by atoms with Crippen LogP contribution >= 0.6 is 11.6 Å². The van der Waals surface area contributed by atoms with Crippen molar-refractivity contribution in [3.63, 3.8) is 0 Å². The van der Waals surface area contributed by atoms with Crippen LogP contribution in [0.3, 0.4) is 0 Å². The topological polar surface area (TPSA) is 87.7 Å². The zero-order valence-electron chi connectivity index (χ0n) is 11.8. The summed E-state index contributed by atoms with van der Waals surface area (Å²) < 4.78 is 26.9. The molecule has 1 aromatic carbocycles. The van der Waals surface area contributed by atoms with Crippen LogP contribution in [0.5, 0.6) is 0 Å². The minimum absolute atomic E-state index is 0.0299. The molecule has 0 bridgehead atoms. The van der Waals surface area contributed by atoms with Gasteiger partial charge in [0.15, 0.2) is 5.82 Å². The second kappa shape index (κ2) is 6.44. The highest BCUT2D eigenvalue weighted by Crippen LogP contribution is 2.26. The second-order valence-electron chi connectivity index (χ2n) is 4.93. The summed E-state index contributed by atoms with van der Waals surface area (Å²) >= 11 is 5.67. The summed E-state index contributed by atoms with van der Waals surface area (Å²) in [7, 11) is -3.47. The lowest BCUT2D eigenvalue weighted by Crippen LogP contribution is -2.22. The van der Waals surface area contributed by atoms with Crippen molar-refractivity contribution in [2.45, 2.75) is 13.8 Å². The number of nitrogens with one attached hydrogen (secondary N) is 2. The predicted octanol–water partition coefficient (Wildman–Crippen LogP) is 2.40. The molecule has 0 aliphatic heterocycles. The second-order valence-corrected chi connectivity index (χ2v) is 7.01. The fraction of sp³-hybridized carbons (Fsp3) is 0.385. The maximum atomic E-state index is 12.1. The van der Waals surface area contributed by atoms with Gasteiger partial charge in [-0.15, -0.1) is 11.6 Å². The molecular weight excluding hydrogens is 312 g/mol. The lowest BCUT2D eigenvalue weighted by Gasteiger charge is -2.13. The largest absolute Gasteiger partial charge is 0.283 e. The number of hydrogen-bond donors (Lipinski definition) is 2. The van der Waals surface area contributed by atoms with E-state index in [0.717, 1.165) is 0 Å². The molecule has 0 saturated carbocycles. The van der Waals surface area contributed by atoms with Gasteiger partial charge in [-0.3, -0.25) is 9.82 Å². The van der Waals surface area contributed by atoms with Gasteiger partial charge >= 0.3 is 0 Å². The summed E-state index contributed by atoms with van der Waals surface area (Å²) in [5, 5.41) is 6.80. The van der Waals surface area contributed by atoms with Crippen LogP contribution < -0.4 is 4.72 Å². The van der Waals surface area contributed by atoms with Gasteiger partial charge in [0, 0.05) is 11.4 Å². The first-order valence-electron chi connectivity index (χ1n) is 6.46. The highest BCUT2D eigenvalue weighted by molar-refractivity contribution is 7.92. The van der Waals surface area contributed by atoms with E-state index in [-0.39, 0.29) is 11.7 Å². The Bertz CT molecular complexity index is 714. The van der Waals surface area contributed by atoms with E-state index in [1.807, 2.05) is 0 Å². The van der Waals surface area contributed by atoms with Crippen molar-refractivity contribution in [1.29, 1.82) is 0 Å². The van der Waals surface area contributed by atoms with Crippen LogP contribution in [-0.4, -0.2) is 35.2 Å². The Morgan fingerprint density at radius 3 is 2.71 bits per heavy atom. The maximum Gasteiger partial charge on any atom is 0.233 e. The van der Waals surface area contributed by atoms with Crippen LogP contribution in [0.15, 0.2) is 24.3 Å². The highest BCUT2D eigenvalue weighted by atomic mass is 35.5. The fourth-order valence-corrected chi connectivity index (χ4v) is 3.56. The molecule has 0 amide bonds. The molecule has 0 spiro atoms. The third-order valence-electron chi connectivity index (χ3n) is 2.80. The number of aromatic nitrogens is 3. The molecule has 0 aliphatic rings. The first kappa shape index (κ1) is 15.8. The summed E-state index contributed by atoms with van der Waals surface area (Å²) in [5.41, 5.74) is 1.09. The van der Waals surface area contributed by atoms with Crippen LogP contribution in [0, 0.1) is 12.8 Å². The van der Waals surface area contributed by atoms with E-state index in [4.69, 9.17) is 11.6 Å². The normalized spacial score (nSPS) is 13.1. The van der Waals surface area contributed by atoms with Crippen LogP contribution in [0.1, 0.15) is 12.7 Å². The van der Waals surface area contributed by atoms with Crippen molar-refractivity contribution >= 4 is 27.3 Å². The Labute approximate surface area is 129 Å². The summed E-state index contributed by atoms with van der Waals surface area (Å²) in [6.07, 6.45) is 0. The Morgan fingerprint density at radius 2 is 2.10 bits per heavy atom. The Morgan fingerprint density at radius 1 is 1.38 bits per heavy atom. The third kappa shape index (κ3) is 4.18. The molecule has 2 aromatic rings. The SMILES string of the molecule is Cc1nc(-c2ccccc2NS(=O)(=O)CC(C)CCl)n[nH]1. The van der Waals surface area contributed by atoms with E-state index >= 15 is 0 Å². The van der Waals surface area contributed by atoms with Crippen molar-refractivity contribution in [1.82, 2.24) is 15.2 Å². The number of halogens is 1. The summed E-state index contributed by atoms with van der Waals surface area (Å²) in [5.74, 6) is 1.26. The molecule has 0 saturated heterocycles. The van der Waals surface area contributed by atoms with E-state index in [0.29, 0.717) is 28.8 Å². The standard InChI is InChI=1S/C13H17ClN4O2S/c1-9(7-14)8-21(19,20)18-12-6-4-3-5-11(12)13-15-10(2)16-17-13/h3-6,9,18H,7-8H2,1-2H3,(H,15,16,17). The molecule has 114 valence electrons. The van der Waals surface area contributed by atoms with Crippen LogP contribution in [0.25, 0.3) is 11.4 Å². The molecule has 1 atom stereocenters. The number of para-hydroxylation sites is 1. The van der Waals surface area contributed by atoms with Gasteiger partial charge in [-0.2, -0.15) is 5.10 Å². The third-order valence-corrected chi connectivity index (χ3v) is 4.86. The first-order valence-corrected chi connectivity index (χ1v) is 8.65. The van der Waals surface area contributed by atoms with Crippen LogP contribution in [0.2, 0.25) is 0 Å². The molecule has 2 rings (SSSR count). The number of anilines is 1. The van der Waals surface area contributed by atoms with Crippen molar-refractivity contribution in [2.75, 3.05) is 16.4 Å². The lowest BCUT2D eigenvalue weighted by molar-refractivity contribution is 0.588. The van der Waals surface area contributed by atoms with E-state index in [1.165, 1.54) is 0 Å². The van der Waals surface area contributed by atoms with E-state index < -0.39 is 10.0 Å². The number of aryl methyl sites for hydroxylation is 1. The quantitative estimate of drug-likeness (QED) is 0.797. The number of sulfonamides is 1. The van der Waals surface area contributed by atoms with Gasteiger partial charge < -0.3 is 0 Å². The van der Waals surface area contributed by atoms with Gasteiger partial charge in [-0.1, -0.05) is 19.1 Å². The Kier molecular flexibility index (Phi) is 4.84. The average Bonchev–Trinajstić information content (AvgIpc) is 2.84. The van der Waals surface area contributed by atoms with Crippen LogP contribution in [0.4, 0.5) is 5.69 Å². The zero-order valence-corrected chi connectivity index (χ0v) is 13.4. The smallest absolute Gasteiger partial charge is 0.233 e. The molecule has 6 nitrogen and oxygen atoms in total. The molecule has 0 radical (unpaired) electrons. The molecular formula is C13H17ClN4O2S. The van der Waals surface area contributed by atoms with E-state index in [2.05, 4.69) is 19.9 Å². The lowest BCUT2D eigenvalue weighted by atomic mass is 10.2. The fourth-order valence-electron chi connectivity index (χ4n) is 1.86. The van der Waals surface area contributed by atoms with E-state index in [1.54, 1.807) is 38.1 Å². The van der Waals surface area contributed by atoms with Gasteiger partial charge in [0.2, 0.25) is 10.0 Å². The molecule has 21 heavy (non-hydrogen) atoms. The number of alkyl halides is 1. The molecule has 1 heterocycles. The Hall–Kier alpha value is -1.60. The van der Waals surface area contributed by atoms with Gasteiger partial charge in [-0.25, -0.2) is 13.4 Å². The number of aromatic amines is 1. The summed E-state index contributed by atoms with van der Waals surface area (Å²) in [4.78, 5) is 4.23. The zero-order chi connectivity index (χ0) is 15.5. The van der Waals surface area contributed by atoms with Gasteiger partial charge in [0.05, 0.1) is 11.4 Å². The van der Waals surface area contributed by atoms with Crippen molar-refractivity contribution < 1.29 is 8.42 Å². The first-order chi connectivity index (χ1) is 9.91. The van der Waals surface area contributed by atoms with E-state index in [9.17, 15) is 8.42 Å². The summed E-state index contributed by atoms with van der Waals surface area (Å²) in [6, 6.07) is 7.02. The number of H-pyrrole nitrogens is 1. The summed E-state index contributed by atoms with van der Waals surface area (Å²) in [6.45, 7) is 3.57. The molecule has 2 N–H and O–H groups in total. The number of nitrogens with zero attached hydrogens (tertiary/aromatic N) is 2. The van der Waals surface area contributed by atoms with Crippen LogP contribution in [-0.2, 0) is 10.0 Å². The van der Waals surface area contributed by atoms with Crippen molar-refractivity contribution in [3.8, 4) is 11.4 Å². The molecule has 0 fully saturated rings. The number of rotatable bonds is 6. The minimum atomic E-state index is -3.47. The van der Waals surface area contributed by atoms with Crippen molar-refractivity contribution in [2.24, 2.45) is 5.92 Å². The van der Waals surface area contributed by atoms with Crippen molar-refractivity contribution in [3.05, 3.63) is 30.1 Å². The average molecular weight is 329 g/mol. The molecule has 1 unspecified atom stereocenters. The maximum absolute atomic E-state index is 12.1. The number of benzene rings is 1. The van der Waals surface area contributed by atoms with Gasteiger partial charge in [0.25, 0.3) is 0 Å². The Balaban J connectivity index is 2.29. The predicted molar refractivity (Wildman–Crippen MR) is 83.8 cm³/mol. The molecule has 0 aliphatic carbocycles. The number of hydrogen-bond acceptors (Lipinski definition) is 4.